The summed E-state index contributed by atoms with van der Waals surface area (Å²) >= 11 is 0. The van der Waals surface area contributed by atoms with Crippen molar-refractivity contribution in [1.82, 2.24) is 15.0 Å². The third kappa shape index (κ3) is 3.02. The molecule has 130 valence electrons. The topological polar surface area (TPSA) is 85.2 Å². The lowest BCUT2D eigenvalue weighted by molar-refractivity contribution is 0.0682. The summed E-state index contributed by atoms with van der Waals surface area (Å²) in [6, 6.07) is 2.08. The molecule has 1 aliphatic heterocycles. The molecule has 2 aromatic rings. The Morgan fingerprint density at radius 1 is 1.33 bits per heavy atom. The van der Waals surface area contributed by atoms with E-state index in [1.54, 1.807) is 0 Å². The molecule has 0 radical (unpaired) electrons. The Hall–Kier alpha value is -1.95. The van der Waals surface area contributed by atoms with Crippen LogP contribution in [0, 0.1) is 12.8 Å². The maximum atomic E-state index is 13.1. The molecule has 2 N–H and O–H groups in total. The predicted molar refractivity (Wildman–Crippen MR) is 92.9 cm³/mol. The number of fused-ring (bicyclic) bond motifs is 1. The lowest BCUT2D eigenvalue weighted by atomic mass is 9.90. The van der Waals surface area contributed by atoms with Gasteiger partial charge in [0.2, 0.25) is 0 Å². The Morgan fingerprint density at radius 2 is 2.00 bits per heavy atom. The number of nitrogens with zero attached hydrogens (tertiary/aromatic N) is 3. The van der Waals surface area contributed by atoms with Crippen LogP contribution in [0.1, 0.15) is 61.3 Å². The van der Waals surface area contributed by atoms with Gasteiger partial charge in [-0.05, 0) is 44.6 Å². The standard InChI is InChI=1S/C18H26N4O2/c1-10(2)15-9-14(16-12(4)21-24-17(16)20-15)18(23)22-7-5-13(6-8-22)11(3)19/h9-11,13H,5-8,19H2,1-4H3. The molecule has 0 aromatic carbocycles. The van der Waals surface area contributed by atoms with Crippen molar-refractivity contribution >= 4 is 17.0 Å². The first-order chi connectivity index (χ1) is 11.4. The first kappa shape index (κ1) is 16.9. The molecular weight excluding hydrogens is 304 g/mol. The number of piperidine rings is 1. The summed E-state index contributed by atoms with van der Waals surface area (Å²) in [6.45, 7) is 9.50. The van der Waals surface area contributed by atoms with E-state index in [9.17, 15) is 4.79 Å². The van der Waals surface area contributed by atoms with Gasteiger partial charge in [0.05, 0.1) is 16.6 Å². The molecule has 1 aliphatic rings. The van der Waals surface area contributed by atoms with E-state index in [2.05, 4.69) is 24.0 Å². The van der Waals surface area contributed by atoms with Crippen LogP contribution in [0.3, 0.4) is 0 Å². The van der Waals surface area contributed by atoms with Crippen molar-refractivity contribution in [3.63, 3.8) is 0 Å². The van der Waals surface area contributed by atoms with Gasteiger partial charge in [0.15, 0.2) is 0 Å². The third-order valence-electron chi connectivity index (χ3n) is 5.03. The first-order valence-corrected chi connectivity index (χ1v) is 8.70. The predicted octanol–water partition coefficient (Wildman–Crippen LogP) is 2.85. The lowest BCUT2D eigenvalue weighted by Crippen LogP contribution is -2.42. The fraction of sp³-hybridized carbons (Fsp3) is 0.611. The molecule has 1 saturated heterocycles. The van der Waals surface area contributed by atoms with E-state index in [-0.39, 0.29) is 17.9 Å². The molecule has 1 amide bonds. The summed E-state index contributed by atoms with van der Waals surface area (Å²) < 4.78 is 5.32. The average molecular weight is 330 g/mol. The molecule has 1 fully saturated rings. The maximum Gasteiger partial charge on any atom is 0.259 e. The number of carbonyl (C=O) groups excluding carboxylic acids is 1. The van der Waals surface area contributed by atoms with Crippen LogP contribution < -0.4 is 5.73 Å². The molecule has 0 saturated carbocycles. The van der Waals surface area contributed by atoms with Crippen LogP contribution in [0.4, 0.5) is 0 Å². The van der Waals surface area contributed by atoms with Gasteiger partial charge in [0.1, 0.15) is 0 Å². The van der Waals surface area contributed by atoms with Crippen molar-refractivity contribution in [2.24, 2.45) is 11.7 Å². The minimum atomic E-state index is 0.0405. The van der Waals surface area contributed by atoms with Gasteiger partial charge in [-0.3, -0.25) is 4.79 Å². The fourth-order valence-corrected chi connectivity index (χ4v) is 3.38. The molecule has 6 heteroatoms. The number of carbonyl (C=O) groups is 1. The van der Waals surface area contributed by atoms with E-state index in [1.165, 1.54) is 0 Å². The van der Waals surface area contributed by atoms with Crippen LogP contribution in [0.2, 0.25) is 0 Å². The van der Waals surface area contributed by atoms with Crippen molar-refractivity contribution < 1.29 is 9.32 Å². The minimum Gasteiger partial charge on any atom is -0.339 e. The van der Waals surface area contributed by atoms with Gasteiger partial charge in [-0.2, -0.15) is 0 Å². The van der Waals surface area contributed by atoms with Gasteiger partial charge >= 0.3 is 0 Å². The number of nitrogens with two attached hydrogens (primary N) is 1. The third-order valence-corrected chi connectivity index (χ3v) is 5.03. The number of hydrogen-bond donors (Lipinski definition) is 1. The molecule has 24 heavy (non-hydrogen) atoms. The second-order valence-electron chi connectivity index (χ2n) is 7.19. The van der Waals surface area contributed by atoms with Gasteiger partial charge in [-0.25, -0.2) is 4.98 Å². The van der Waals surface area contributed by atoms with Gasteiger partial charge in [-0.15, -0.1) is 0 Å². The second kappa shape index (κ2) is 6.51. The summed E-state index contributed by atoms with van der Waals surface area (Å²) in [6.07, 6.45) is 1.91. The van der Waals surface area contributed by atoms with Crippen molar-refractivity contribution in [2.75, 3.05) is 13.1 Å². The van der Waals surface area contributed by atoms with E-state index < -0.39 is 0 Å². The van der Waals surface area contributed by atoms with Gasteiger partial charge in [0, 0.05) is 24.8 Å². The highest BCUT2D eigenvalue weighted by molar-refractivity contribution is 6.06. The van der Waals surface area contributed by atoms with E-state index in [4.69, 9.17) is 10.3 Å². The Bertz CT molecular complexity index is 743. The molecule has 3 heterocycles. The summed E-state index contributed by atoms with van der Waals surface area (Å²) in [4.78, 5) is 19.5. The summed E-state index contributed by atoms with van der Waals surface area (Å²) in [5.41, 5.74) is 8.67. The molecule has 0 bridgehead atoms. The Morgan fingerprint density at radius 3 is 2.58 bits per heavy atom. The Labute approximate surface area is 142 Å². The van der Waals surface area contributed by atoms with E-state index in [0.717, 1.165) is 37.0 Å². The highest BCUT2D eigenvalue weighted by Crippen LogP contribution is 2.28. The highest BCUT2D eigenvalue weighted by atomic mass is 16.5. The SMILES string of the molecule is Cc1noc2nc(C(C)C)cc(C(=O)N3CCC(C(C)N)CC3)c12. The molecule has 1 atom stereocenters. The van der Waals surface area contributed by atoms with Crippen LogP contribution in [-0.2, 0) is 0 Å². The molecule has 6 nitrogen and oxygen atoms in total. The van der Waals surface area contributed by atoms with Crippen LogP contribution in [-0.4, -0.2) is 40.1 Å². The molecule has 3 rings (SSSR count). The normalized spacial score (nSPS) is 17.7. The zero-order valence-corrected chi connectivity index (χ0v) is 14.9. The van der Waals surface area contributed by atoms with Crippen molar-refractivity contribution in [3.8, 4) is 0 Å². The zero-order chi connectivity index (χ0) is 17.4. The van der Waals surface area contributed by atoms with Crippen molar-refractivity contribution in [3.05, 3.63) is 23.0 Å². The quantitative estimate of drug-likeness (QED) is 0.935. The number of pyridine rings is 1. The van der Waals surface area contributed by atoms with E-state index >= 15 is 0 Å². The molecule has 1 unspecified atom stereocenters. The number of aromatic nitrogens is 2. The summed E-state index contributed by atoms with van der Waals surface area (Å²) in [5.74, 6) is 0.754. The van der Waals surface area contributed by atoms with E-state index in [0.29, 0.717) is 22.9 Å². The van der Waals surface area contributed by atoms with Crippen LogP contribution in [0.25, 0.3) is 11.1 Å². The Balaban J connectivity index is 1.93. The molecule has 0 aliphatic carbocycles. The minimum absolute atomic E-state index is 0.0405. The van der Waals surface area contributed by atoms with Crippen molar-refractivity contribution in [2.45, 2.75) is 52.5 Å². The molecular formula is C18H26N4O2. The van der Waals surface area contributed by atoms with E-state index in [1.807, 2.05) is 24.8 Å². The van der Waals surface area contributed by atoms with Crippen LogP contribution >= 0.6 is 0 Å². The van der Waals surface area contributed by atoms with Gasteiger partial charge in [0.25, 0.3) is 11.6 Å². The number of rotatable bonds is 3. The first-order valence-electron chi connectivity index (χ1n) is 8.70. The number of aryl methyl sites for hydroxylation is 1. The molecule has 2 aromatic heterocycles. The lowest BCUT2D eigenvalue weighted by Gasteiger charge is -2.34. The number of likely N-dealkylation sites (tertiary alicyclic amines) is 1. The second-order valence-corrected chi connectivity index (χ2v) is 7.19. The maximum absolute atomic E-state index is 13.1. The average Bonchev–Trinajstić information content (AvgIpc) is 2.94. The zero-order valence-electron chi connectivity index (χ0n) is 14.9. The monoisotopic (exact) mass is 330 g/mol. The smallest absolute Gasteiger partial charge is 0.259 e. The van der Waals surface area contributed by atoms with Crippen LogP contribution in [0.5, 0.6) is 0 Å². The highest BCUT2D eigenvalue weighted by Gasteiger charge is 2.28. The van der Waals surface area contributed by atoms with Crippen molar-refractivity contribution in [1.29, 1.82) is 0 Å². The summed E-state index contributed by atoms with van der Waals surface area (Å²) in [7, 11) is 0. The largest absolute Gasteiger partial charge is 0.339 e. The number of amides is 1. The van der Waals surface area contributed by atoms with Gasteiger partial charge < -0.3 is 15.2 Å². The fourth-order valence-electron chi connectivity index (χ4n) is 3.38. The van der Waals surface area contributed by atoms with Crippen LogP contribution in [0.15, 0.2) is 10.6 Å². The number of hydrogen-bond acceptors (Lipinski definition) is 5. The Kier molecular flexibility index (Phi) is 4.58. The molecule has 0 spiro atoms. The summed E-state index contributed by atoms with van der Waals surface area (Å²) in [5, 5.41) is 4.73. The van der Waals surface area contributed by atoms with Gasteiger partial charge in [-0.1, -0.05) is 19.0 Å².